The summed E-state index contributed by atoms with van der Waals surface area (Å²) < 4.78 is 32.8. The van der Waals surface area contributed by atoms with E-state index in [-0.39, 0.29) is 15.7 Å². The van der Waals surface area contributed by atoms with Gasteiger partial charge in [-0.25, -0.2) is 17.7 Å². The van der Waals surface area contributed by atoms with Crippen LogP contribution in [0.2, 0.25) is 5.02 Å². The molecule has 41 heavy (non-hydrogen) atoms. The topological polar surface area (TPSA) is 103 Å². The Balaban J connectivity index is 1.33. The highest BCUT2D eigenvalue weighted by Gasteiger charge is 2.27. The number of rotatable bonds is 10. The van der Waals surface area contributed by atoms with Crippen molar-refractivity contribution in [1.29, 1.82) is 0 Å². The van der Waals surface area contributed by atoms with E-state index in [1.807, 2.05) is 13.0 Å². The van der Waals surface area contributed by atoms with Gasteiger partial charge in [0.15, 0.2) is 5.82 Å². The zero-order valence-corrected chi connectivity index (χ0v) is 25.4. The molecule has 12 heteroatoms. The molecule has 2 fully saturated rings. The molecule has 2 saturated heterocycles. The fraction of sp³-hybridized carbons (Fsp3) is 0.448. The third-order valence-electron chi connectivity index (χ3n) is 7.64. The zero-order chi connectivity index (χ0) is 29.0. The number of hydrogen-bond donors (Lipinski definition) is 2. The molecule has 0 unspecified atom stereocenters. The maximum Gasteiger partial charge on any atom is 0.244 e. The van der Waals surface area contributed by atoms with Gasteiger partial charge in [0.05, 0.1) is 24.2 Å². The van der Waals surface area contributed by atoms with Gasteiger partial charge in [-0.05, 0) is 70.0 Å². The second-order valence-electron chi connectivity index (χ2n) is 10.5. The first-order valence-electron chi connectivity index (χ1n) is 14.1. The summed E-state index contributed by atoms with van der Waals surface area (Å²) in [6, 6.07) is 13.5. The highest BCUT2D eigenvalue weighted by Crippen LogP contribution is 2.35. The van der Waals surface area contributed by atoms with Crippen molar-refractivity contribution in [3.05, 3.63) is 53.7 Å². The largest absolute Gasteiger partial charge is 0.492 e. The predicted molar refractivity (Wildman–Crippen MR) is 165 cm³/mol. The van der Waals surface area contributed by atoms with Crippen LogP contribution in [-0.4, -0.2) is 80.5 Å². The second-order valence-corrected chi connectivity index (χ2v) is 13.0. The maximum atomic E-state index is 12.8. The molecule has 2 aromatic carbocycles. The molecule has 5 rings (SSSR count). The molecule has 2 N–H and O–H groups in total. The smallest absolute Gasteiger partial charge is 0.244 e. The Morgan fingerprint density at radius 1 is 1.02 bits per heavy atom. The molecule has 220 valence electrons. The van der Waals surface area contributed by atoms with Crippen LogP contribution < -0.4 is 20.3 Å². The number of nitrogens with zero attached hydrogens (tertiary/aromatic N) is 5. The minimum Gasteiger partial charge on any atom is -0.492 e. The fourth-order valence-electron chi connectivity index (χ4n) is 5.44. The molecule has 0 atom stereocenters. The van der Waals surface area contributed by atoms with Crippen LogP contribution in [0, 0.1) is 0 Å². The Hall–Kier alpha value is -3.12. The lowest BCUT2D eigenvalue weighted by molar-refractivity contribution is 0.208. The molecule has 3 aromatic rings. The van der Waals surface area contributed by atoms with E-state index in [2.05, 4.69) is 42.5 Å². The number of aromatic nitrogens is 2. The molecule has 1 aromatic heterocycles. The highest BCUT2D eigenvalue weighted by molar-refractivity contribution is 7.89. The average Bonchev–Trinajstić information content (AvgIpc) is 3.51. The average molecular weight is 600 g/mol. The summed E-state index contributed by atoms with van der Waals surface area (Å²) in [6.45, 7) is 7.01. The lowest BCUT2D eigenvalue weighted by Crippen LogP contribution is -2.43. The maximum absolute atomic E-state index is 12.8. The number of anilines is 5. The Labute approximate surface area is 247 Å². The molecule has 2 aliphatic heterocycles. The number of benzene rings is 2. The van der Waals surface area contributed by atoms with E-state index in [9.17, 15) is 8.42 Å². The Morgan fingerprint density at radius 3 is 2.46 bits per heavy atom. The third kappa shape index (κ3) is 6.69. The highest BCUT2D eigenvalue weighted by atomic mass is 35.5. The number of hydrogen-bond acceptors (Lipinski definition) is 9. The number of piperidine rings is 1. The molecule has 0 spiro atoms. The van der Waals surface area contributed by atoms with Crippen LogP contribution in [0.15, 0.2) is 53.6 Å². The van der Waals surface area contributed by atoms with E-state index in [1.165, 1.54) is 65.1 Å². The van der Waals surface area contributed by atoms with Crippen LogP contribution in [0.3, 0.4) is 0 Å². The van der Waals surface area contributed by atoms with E-state index < -0.39 is 10.0 Å². The number of ether oxygens (including phenoxy) is 1. The molecule has 0 saturated carbocycles. The van der Waals surface area contributed by atoms with Crippen molar-refractivity contribution in [2.75, 3.05) is 62.4 Å². The van der Waals surface area contributed by atoms with Gasteiger partial charge >= 0.3 is 0 Å². The Bertz CT molecular complexity index is 1460. The van der Waals surface area contributed by atoms with Gasteiger partial charge in [0.25, 0.3) is 0 Å². The van der Waals surface area contributed by atoms with Crippen LogP contribution in [0.5, 0.6) is 5.75 Å². The molecule has 0 aliphatic carbocycles. The van der Waals surface area contributed by atoms with Gasteiger partial charge in [0, 0.05) is 45.0 Å². The number of halogens is 1. The van der Waals surface area contributed by atoms with Crippen molar-refractivity contribution in [3.63, 3.8) is 0 Å². The second kappa shape index (κ2) is 12.8. The standard InChI is InChI=1S/C29H38ClN7O3S/c1-4-40-26-19-22(37-17-13-21(14-18-37)36-15-7-8-16-36)11-12-24(26)33-29-31-20-23(30)28(34-29)32-25-9-5-6-10-27(25)41(38,39)35(2)3/h5-6,9-12,19-21H,4,7-8,13-18H2,1-3H3,(H2,31,32,33,34). The first-order chi connectivity index (χ1) is 19.8. The Morgan fingerprint density at radius 2 is 1.76 bits per heavy atom. The van der Waals surface area contributed by atoms with E-state index >= 15 is 0 Å². The van der Waals surface area contributed by atoms with Crippen LogP contribution in [0.1, 0.15) is 32.6 Å². The van der Waals surface area contributed by atoms with E-state index in [0.717, 1.165) is 28.8 Å². The molecule has 0 bridgehead atoms. The monoisotopic (exact) mass is 599 g/mol. The molecular formula is C29H38ClN7O3S. The summed E-state index contributed by atoms with van der Waals surface area (Å²) in [6.07, 6.45) is 6.48. The SMILES string of the molecule is CCOc1cc(N2CCC(N3CCCC3)CC2)ccc1Nc1ncc(Cl)c(Nc2ccccc2S(=O)(=O)N(C)C)n1. The molecular weight excluding hydrogens is 562 g/mol. The van der Waals surface area contributed by atoms with Gasteiger partial charge in [0.2, 0.25) is 16.0 Å². The molecule has 0 radical (unpaired) electrons. The third-order valence-corrected chi connectivity index (χ3v) is 9.79. The van der Waals surface area contributed by atoms with Crippen LogP contribution in [-0.2, 0) is 10.0 Å². The van der Waals surface area contributed by atoms with Gasteiger partial charge in [0.1, 0.15) is 15.7 Å². The van der Waals surface area contributed by atoms with Crippen molar-refractivity contribution in [3.8, 4) is 5.75 Å². The van der Waals surface area contributed by atoms with Crippen molar-refractivity contribution >= 4 is 50.5 Å². The van der Waals surface area contributed by atoms with Crippen molar-refractivity contribution in [1.82, 2.24) is 19.2 Å². The predicted octanol–water partition coefficient (Wildman–Crippen LogP) is 5.33. The van der Waals surface area contributed by atoms with Crippen molar-refractivity contribution in [2.45, 2.75) is 43.5 Å². The quantitative estimate of drug-likeness (QED) is 0.320. The van der Waals surface area contributed by atoms with Gasteiger partial charge in [-0.3, -0.25) is 0 Å². The number of sulfonamides is 1. The van der Waals surface area contributed by atoms with Gasteiger partial charge < -0.3 is 25.2 Å². The lowest BCUT2D eigenvalue weighted by atomic mass is 10.0. The molecule has 3 heterocycles. The first kappa shape index (κ1) is 29.4. The van der Waals surface area contributed by atoms with Gasteiger partial charge in [-0.1, -0.05) is 23.7 Å². The summed E-state index contributed by atoms with van der Waals surface area (Å²) in [5.41, 5.74) is 2.23. The summed E-state index contributed by atoms with van der Waals surface area (Å²) >= 11 is 6.41. The summed E-state index contributed by atoms with van der Waals surface area (Å²) in [4.78, 5) is 14.1. The zero-order valence-electron chi connectivity index (χ0n) is 23.8. The van der Waals surface area contributed by atoms with Crippen LogP contribution >= 0.6 is 11.6 Å². The van der Waals surface area contributed by atoms with Crippen LogP contribution in [0.25, 0.3) is 0 Å². The number of nitrogens with one attached hydrogen (secondary N) is 2. The van der Waals surface area contributed by atoms with Crippen molar-refractivity contribution in [2.24, 2.45) is 0 Å². The summed E-state index contributed by atoms with van der Waals surface area (Å²) in [5.74, 6) is 1.29. The lowest BCUT2D eigenvalue weighted by Gasteiger charge is -2.38. The fourth-order valence-corrected chi connectivity index (χ4v) is 6.62. The van der Waals surface area contributed by atoms with E-state index in [1.54, 1.807) is 18.2 Å². The minimum atomic E-state index is -3.69. The number of likely N-dealkylation sites (tertiary alicyclic amines) is 1. The van der Waals surface area contributed by atoms with Crippen molar-refractivity contribution < 1.29 is 13.2 Å². The Kier molecular flexibility index (Phi) is 9.18. The van der Waals surface area contributed by atoms with Gasteiger partial charge in [-0.15, -0.1) is 0 Å². The van der Waals surface area contributed by atoms with E-state index in [0.29, 0.717) is 30.0 Å². The number of para-hydroxylation sites is 1. The van der Waals surface area contributed by atoms with E-state index in [4.69, 9.17) is 16.3 Å². The molecule has 2 aliphatic rings. The minimum absolute atomic E-state index is 0.118. The summed E-state index contributed by atoms with van der Waals surface area (Å²) in [5, 5.41) is 6.58. The summed E-state index contributed by atoms with van der Waals surface area (Å²) in [7, 11) is -0.707. The molecule has 10 nitrogen and oxygen atoms in total. The first-order valence-corrected chi connectivity index (χ1v) is 15.9. The molecule has 0 amide bonds. The van der Waals surface area contributed by atoms with Crippen LogP contribution in [0.4, 0.5) is 28.8 Å². The van der Waals surface area contributed by atoms with Gasteiger partial charge in [-0.2, -0.15) is 4.98 Å². The normalized spacial score (nSPS) is 16.8.